The van der Waals surface area contributed by atoms with Gasteiger partial charge in [0.15, 0.2) is 0 Å². The van der Waals surface area contributed by atoms with Crippen molar-refractivity contribution in [1.82, 2.24) is 10.2 Å². The number of rotatable bonds is 7. The summed E-state index contributed by atoms with van der Waals surface area (Å²) >= 11 is 0. The predicted molar refractivity (Wildman–Crippen MR) is 131 cm³/mol. The molecule has 3 amide bonds. The van der Waals surface area contributed by atoms with E-state index >= 15 is 0 Å². The van der Waals surface area contributed by atoms with E-state index in [0.717, 1.165) is 16.0 Å². The number of carbonyl (C=O) groups is 3. The Kier molecular flexibility index (Phi) is 8.87. The molecule has 2 aromatic carbocycles. The molecule has 0 aliphatic carbocycles. The zero-order valence-electron chi connectivity index (χ0n) is 20.5. The van der Waals surface area contributed by atoms with E-state index in [9.17, 15) is 24.6 Å². The molecule has 35 heavy (non-hydrogen) atoms. The van der Waals surface area contributed by atoms with E-state index in [1.165, 1.54) is 24.3 Å². The van der Waals surface area contributed by atoms with E-state index < -0.39 is 42.2 Å². The minimum Gasteiger partial charge on any atom is -0.508 e. The van der Waals surface area contributed by atoms with Gasteiger partial charge in [0.2, 0.25) is 0 Å². The number of phenols is 1. The first-order chi connectivity index (χ1) is 16.4. The topological polar surface area (TPSA) is 128 Å². The first kappa shape index (κ1) is 27.2. The summed E-state index contributed by atoms with van der Waals surface area (Å²) in [5.41, 5.74) is 1.54. The maximum atomic E-state index is 13.5. The van der Waals surface area contributed by atoms with E-state index in [-0.39, 0.29) is 11.3 Å². The van der Waals surface area contributed by atoms with Crippen LogP contribution in [0.1, 0.15) is 43.5 Å². The lowest BCUT2D eigenvalue weighted by molar-refractivity contribution is -0.137. The SMILES string of the molecule is C#CN(C(=O)C(CO)NC(=O)OC(C)(C)C)C(C(=O)Nc1c(C)cccc1C)c1cccc(O)c1. The smallest absolute Gasteiger partial charge is 0.408 e. The number of para-hydroxylation sites is 1. The number of carbonyl (C=O) groups excluding carboxylic acids is 3. The van der Waals surface area contributed by atoms with Gasteiger partial charge in [0.05, 0.1) is 6.61 Å². The Bertz CT molecular complexity index is 1110. The molecule has 0 aliphatic heterocycles. The molecule has 0 bridgehead atoms. The molecule has 9 heteroatoms. The van der Waals surface area contributed by atoms with Crippen LogP contribution in [-0.2, 0) is 14.3 Å². The molecular formula is C26H31N3O6. The highest BCUT2D eigenvalue weighted by atomic mass is 16.6. The second-order valence-electron chi connectivity index (χ2n) is 8.97. The molecule has 2 unspecified atom stereocenters. The number of alkyl carbamates (subject to hydrolysis) is 1. The zero-order valence-corrected chi connectivity index (χ0v) is 20.5. The van der Waals surface area contributed by atoms with Crippen LogP contribution in [0.5, 0.6) is 5.75 Å². The molecule has 0 heterocycles. The highest BCUT2D eigenvalue weighted by Gasteiger charge is 2.36. The molecule has 0 aliphatic rings. The van der Waals surface area contributed by atoms with E-state index in [1.807, 2.05) is 32.0 Å². The summed E-state index contributed by atoms with van der Waals surface area (Å²) in [7, 11) is 0. The summed E-state index contributed by atoms with van der Waals surface area (Å²) in [5, 5.41) is 24.9. The number of anilines is 1. The molecule has 2 rings (SSSR count). The van der Waals surface area contributed by atoms with Crippen molar-refractivity contribution >= 4 is 23.6 Å². The van der Waals surface area contributed by atoms with Crippen LogP contribution >= 0.6 is 0 Å². The number of aliphatic hydroxyl groups is 1. The highest BCUT2D eigenvalue weighted by molar-refractivity contribution is 6.00. The maximum absolute atomic E-state index is 13.5. The quantitative estimate of drug-likeness (QED) is 0.356. The van der Waals surface area contributed by atoms with Crippen molar-refractivity contribution in [2.45, 2.75) is 52.3 Å². The molecule has 0 saturated heterocycles. The molecule has 186 valence electrons. The molecule has 0 spiro atoms. The number of aryl methyl sites for hydroxylation is 2. The van der Waals surface area contributed by atoms with Gasteiger partial charge in [-0.3, -0.25) is 14.5 Å². The molecule has 0 aromatic heterocycles. The lowest BCUT2D eigenvalue weighted by Crippen LogP contribution is -2.52. The van der Waals surface area contributed by atoms with E-state index in [1.54, 1.807) is 20.8 Å². The lowest BCUT2D eigenvalue weighted by Gasteiger charge is -2.30. The lowest BCUT2D eigenvalue weighted by atomic mass is 10.0. The first-order valence-electron chi connectivity index (χ1n) is 10.9. The summed E-state index contributed by atoms with van der Waals surface area (Å²) in [6.07, 6.45) is 4.72. The third-order valence-electron chi connectivity index (χ3n) is 4.97. The highest BCUT2D eigenvalue weighted by Crippen LogP contribution is 2.28. The van der Waals surface area contributed by atoms with Crippen LogP contribution in [0, 0.1) is 26.3 Å². The van der Waals surface area contributed by atoms with Gasteiger partial charge in [0, 0.05) is 11.7 Å². The molecule has 0 fully saturated rings. The van der Waals surface area contributed by atoms with Crippen LogP contribution in [0.3, 0.4) is 0 Å². The Hall–Kier alpha value is -4.03. The number of hydrogen-bond donors (Lipinski definition) is 4. The molecule has 9 nitrogen and oxygen atoms in total. The number of amides is 3. The van der Waals surface area contributed by atoms with Crippen LogP contribution in [-0.4, -0.2) is 51.3 Å². The molecule has 0 radical (unpaired) electrons. The number of nitrogens with zero attached hydrogens (tertiary/aromatic N) is 1. The molecule has 2 aromatic rings. The fourth-order valence-corrected chi connectivity index (χ4v) is 3.38. The molecule has 0 saturated carbocycles. The zero-order chi connectivity index (χ0) is 26.3. The third-order valence-corrected chi connectivity index (χ3v) is 4.97. The third kappa shape index (κ3) is 7.22. The number of ether oxygens (including phenoxy) is 1. The van der Waals surface area contributed by atoms with Crippen LogP contribution in [0.2, 0.25) is 0 Å². The second-order valence-corrected chi connectivity index (χ2v) is 8.97. The average Bonchev–Trinajstić information content (AvgIpc) is 2.76. The fraction of sp³-hybridized carbons (Fsp3) is 0.346. The van der Waals surface area contributed by atoms with Gasteiger partial charge in [-0.25, -0.2) is 4.79 Å². The molecular weight excluding hydrogens is 450 g/mol. The fourth-order valence-electron chi connectivity index (χ4n) is 3.38. The summed E-state index contributed by atoms with van der Waals surface area (Å²) < 4.78 is 5.15. The Morgan fingerprint density at radius 3 is 2.23 bits per heavy atom. The van der Waals surface area contributed by atoms with Gasteiger partial charge in [0.1, 0.15) is 23.4 Å². The van der Waals surface area contributed by atoms with E-state index in [2.05, 4.69) is 16.7 Å². The monoisotopic (exact) mass is 481 g/mol. The summed E-state index contributed by atoms with van der Waals surface area (Å²) in [6, 6.07) is 10.6. The van der Waals surface area contributed by atoms with Crippen molar-refractivity contribution < 1.29 is 29.3 Å². The Morgan fingerprint density at radius 1 is 1.11 bits per heavy atom. The van der Waals surface area contributed by atoms with Crippen molar-refractivity contribution in [3.05, 3.63) is 59.2 Å². The maximum Gasteiger partial charge on any atom is 0.408 e. The Morgan fingerprint density at radius 2 is 1.71 bits per heavy atom. The van der Waals surface area contributed by atoms with Crippen LogP contribution in [0.15, 0.2) is 42.5 Å². The van der Waals surface area contributed by atoms with Crippen molar-refractivity contribution in [3.63, 3.8) is 0 Å². The summed E-state index contributed by atoms with van der Waals surface area (Å²) in [5.74, 6) is -1.69. The molecule has 2 atom stereocenters. The Balaban J connectivity index is 2.45. The van der Waals surface area contributed by atoms with Gasteiger partial charge < -0.3 is 25.6 Å². The van der Waals surface area contributed by atoms with Crippen LogP contribution in [0.4, 0.5) is 10.5 Å². The summed E-state index contributed by atoms with van der Waals surface area (Å²) in [4.78, 5) is 39.8. The number of terminal acetylenes is 1. The summed E-state index contributed by atoms with van der Waals surface area (Å²) in [6.45, 7) is 7.79. The number of benzene rings is 2. The molecule has 4 N–H and O–H groups in total. The van der Waals surface area contributed by atoms with Crippen molar-refractivity contribution in [1.29, 1.82) is 0 Å². The van der Waals surface area contributed by atoms with Crippen LogP contribution < -0.4 is 10.6 Å². The minimum atomic E-state index is -1.48. The van der Waals surface area contributed by atoms with Gasteiger partial charge in [-0.15, -0.1) is 0 Å². The second kappa shape index (κ2) is 11.4. The van der Waals surface area contributed by atoms with E-state index in [4.69, 9.17) is 11.2 Å². The normalized spacial score (nSPS) is 12.6. The Labute approximate surface area is 205 Å². The first-order valence-corrected chi connectivity index (χ1v) is 10.9. The van der Waals surface area contributed by atoms with Gasteiger partial charge in [0.25, 0.3) is 11.8 Å². The van der Waals surface area contributed by atoms with Gasteiger partial charge in [-0.05, 0) is 63.4 Å². The van der Waals surface area contributed by atoms with Gasteiger partial charge >= 0.3 is 6.09 Å². The van der Waals surface area contributed by atoms with Gasteiger partial charge in [-0.1, -0.05) is 36.8 Å². The van der Waals surface area contributed by atoms with Crippen molar-refractivity contribution in [3.8, 4) is 18.2 Å². The largest absolute Gasteiger partial charge is 0.508 e. The number of aliphatic hydroxyl groups excluding tert-OH is 1. The predicted octanol–water partition coefficient (Wildman–Crippen LogP) is 2.99. The van der Waals surface area contributed by atoms with E-state index in [0.29, 0.717) is 5.69 Å². The average molecular weight is 482 g/mol. The number of nitrogens with one attached hydrogen (secondary N) is 2. The minimum absolute atomic E-state index is 0.137. The van der Waals surface area contributed by atoms with Crippen molar-refractivity contribution in [2.24, 2.45) is 0 Å². The standard InChI is InChI=1S/C26H31N3O6/c1-7-29(24(33)20(15-30)27-25(34)35-26(4,5)6)22(18-12-9-13-19(31)14-18)23(32)28-21-16(2)10-8-11-17(21)3/h1,8-14,20,22,30-31H,15H2,2-6H3,(H,27,34)(H,28,32). The van der Waals surface area contributed by atoms with Gasteiger partial charge in [-0.2, -0.15) is 0 Å². The number of hydrogen-bond acceptors (Lipinski definition) is 6. The van der Waals surface area contributed by atoms with Crippen LogP contribution in [0.25, 0.3) is 0 Å². The number of aromatic hydroxyl groups is 1. The van der Waals surface area contributed by atoms with Crippen molar-refractivity contribution in [2.75, 3.05) is 11.9 Å². The number of phenolic OH excluding ortho intramolecular Hbond substituents is 1.